The lowest BCUT2D eigenvalue weighted by atomic mass is 10.1. The Hall–Kier alpha value is -3.19. The van der Waals surface area contributed by atoms with Gasteiger partial charge < -0.3 is 15.6 Å². The van der Waals surface area contributed by atoms with Gasteiger partial charge in [-0.25, -0.2) is 0 Å². The van der Waals surface area contributed by atoms with E-state index in [0.29, 0.717) is 16.3 Å². The fraction of sp³-hybridized carbons (Fsp3) is 0.150. The van der Waals surface area contributed by atoms with Gasteiger partial charge in [-0.1, -0.05) is 34.8 Å². The molecule has 136 valence electrons. The molecule has 0 spiro atoms. The van der Waals surface area contributed by atoms with Crippen LogP contribution in [0.1, 0.15) is 22.3 Å². The number of nitrogens with zero attached hydrogens (tertiary/aromatic N) is 3. The van der Waals surface area contributed by atoms with Crippen LogP contribution in [-0.4, -0.2) is 20.1 Å². The SMILES string of the molecule is CCn1c(-c2ccc(NC(=O)c3snnc3C)cc2)c(N)c2ccccc21. The van der Waals surface area contributed by atoms with E-state index in [1.165, 1.54) is 0 Å². The van der Waals surface area contributed by atoms with Crippen LogP contribution in [0.3, 0.4) is 0 Å². The number of aromatic nitrogens is 3. The molecule has 0 unspecified atom stereocenters. The first-order chi connectivity index (χ1) is 13.1. The number of aryl methyl sites for hydroxylation is 2. The van der Waals surface area contributed by atoms with Crippen LogP contribution < -0.4 is 11.1 Å². The van der Waals surface area contributed by atoms with Gasteiger partial charge in [0.05, 0.1) is 22.6 Å². The van der Waals surface area contributed by atoms with Crippen LogP contribution >= 0.6 is 11.5 Å². The lowest BCUT2D eigenvalue weighted by molar-refractivity contribution is 0.103. The standard InChI is InChI=1S/C20H19N5OS/c1-3-25-16-7-5-4-6-15(16)17(21)18(25)13-8-10-14(11-9-13)22-20(26)19-12(2)23-24-27-19/h4-11H,3,21H2,1-2H3,(H,22,26). The van der Waals surface area contributed by atoms with Crippen molar-refractivity contribution in [3.8, 4) is 11.3 Å². The van der Waals surface area contributed by atoms with Crippen molar-refractivity contribution in [2.75, 3.05) is 11.1 Å². The molecule has 1 amide bonds. The topological polar surface area (TPSA) is 85.8 Å². The summed E-state index contributed by atoms with van der Waals surface area (Å²) in [5, 5.41) is 7.82. The summed E-state index contributed by atoms with van der Waals surface area (Å²) in [6, 6.07) is 15.9. The lowest BCUT2D eigenvalue weighted by Gasteiger charge is -2.10. The number of nitrogens with two attached hydrogens (primary N) is 1. The van der Waals surface area contributed by atoms with Gasteiger partial charge in [-0.05, 0) is 43.6 Å². The number of rotatable bonds is 4. The maximum absolute atomic E-state index is 12.3. The van der Waals surface area contributed by atoms with Gasteiger partial charge >= 0.3 is 0 Å². The third-order valence-corrected chi connectivity index (χ3v) is 5.43. The van der Waals surface area contributed by atoms with E-state index in [1.807, 2.05) is 42.5 Å². The van der Waals surface area contributed by atoms with E-state index in [2.05, 4.69) is 32.5 Å². The fourth-order valence-corrected chi connectivity index (χ4v) is 3.86. The molecule has 3 N–H and O–H groups in total. The first-order valence-electron chi connectivity index (χ1n) is 8.67. The summed E-state index contributed by atoms with van der Waals surface area (Å²) in [5.74, 6) is -0.197. The number of carbonyl (C=O) groups excluding carboxylic acids is 1. The van der Waals surface area contributed by atoms with Gasteiger partial charge in [0.25, 0.3) is 5.91 Å². The van der Waals surface area contributed by atoms with Crippen LogP contribution in [0.4, 0.5) is 11.4 Å². The van der Waals surface area contributed by atoms with Gasteiger partial charge in [0.15, 0.2) is 0 Å². The van der Waals surface area contributed by atoms with E-state index in [-0.39, 0.29) is 5.91 Å². The van der Waals surface area contributed by atoms with Gasteiger partial charge in [-0.3, -0.25) is 4.79 Å². The van der Waals surface area contributed by atoms with E-state index >= 15 is 0 Å². The number of fused-ring (bicyclic) bond motifs is 1. The Labute approximate surface area is 160 Å². The molecule has 0 aliphatic carbocycles. The minimum Gasteiger partial charge on any atom is -0.396 e. The van der Waals surface area contributed by atoms with E-state index < -0.39 is 0 Å². The zero-order chi connectivity index (χ0) is 19.0. The van der Waals surface area contributed by atoms with E-state index in [9.17, 15) is 4.79 Å². The molecule has 6 nitrogen and oxygen atoms in total. The summed E-state index contributed by atoms with van der Waals surface area (Å²) >= 11 is 1.09. The van der Waals surface area contributed by atoms with Gasteiger partial charge in [0, 0.05) is 23.2 Å². The van der Waals surface area contributed by atoms with Crippen LogP contribution in [0.15, 0.2) is 48.5 Å². The molecule has 0 radical (unpaired) electrons. The molecule has 2 aromatic heterocycles. The lowest BCUT2D eigenvalue weighted by Crippen LogP contribution is -2.11. The molecule has 0 aliphatic rings. The van der Waals surface area contributed by atoms with Crippen molar-refractivity contribution < 1.29 is 4.79 Å². The van der Waals surface area contributed by atoms with Crippen LogP contribution in [0.2, 0.25) is 0 Å². The number of nitrogens with one attached hydrogen (secondary N) is 1. The Morgan fingerprint density at radius 2 is 1.93 bits per heavy atom. The summed E-state index contributed by atoms with van der Waals surface area (Å²) < 4.78 is 6.01. The highest BCUT2D eigenvalue weighted by Crippen LogP contribution is 2.36. The Bertz CT molecular complexity index is 1130. The number of hydrogen-bond acceptors (Lipinski definition) is 5. The molecular weight excluding hydrogens is 358 g/mol. The highest BCUT2D eigenvalue weighted by atomic mass is 32.1. The van der Waals surface area contributed by atoms with Gasteiger partial charge in [-0.15, -0.1) is 5.10 Å². The first-order valence-corrected chi connectivity index (χ1v) is 9.45. The second-order valence-corrected chi connectivity index (χ2v) is 7.00. The third-order valence-electron chi connectivity index (χ3n) is 4.60. The predicted octanol–water partition coefficient (Wildman–Crippen LogP) is 4.32. The summed E-state index contributed by atoms with van der Waals surface area (Å²) in [6.07, 6.45) is 0. The highest BCUT2D eigenvalue weighted by molar-refractivity contribution is 7.08. The number of hydrogen-bond donors (Lipinski definition) is 2. The molecule has 27 heavy (non-hydrogen) atoms. The quantitative estimate of drug-likeness (QED) is 0.554. The zero-order valence-electron chi connectivity index (χ0n) is 15.1. The average molecular weight is 377 g/mol. The maximum atomic E-state index is 12.3. The molecule has 2 heterocycles. The van der Waals surface area contributed by atoms with E-state index in [4.69, 9.17) is 5.73 Å². The molecule has 0 aliphatic heterocycles. The second-order valence-electron chi connectivity index (χ2n) is 6.24. The number of amides is 1. The normalized spacial score (nSPS) is 11.0. The fourth-order valence-electron chi connectivity index (χ4n) is 3.31. The van der Waals surface area contributed by atoms with E-state index in [0.717, 1.165) is 45.9 Å². The molecule has 0 saturated carbocycles. The monoisotopic (exact) mass is 377 g/mol. The number of benzene rings is 2. The molecule has 2 aromatic carbocycles. The Balaban J connectivity index is 1.67. The number of anilines is 2. The summed E-state index contributed by atoms with van der Waals surface area (Å²) in [7, 11) is 0. The zero-order valence-corrected chi connectivity index (χ0v) is 15.9. The molecule has 0 atom stereocenters. The van der Waals surface area contributed by atoms with Gasteiger partial charge in [0.2, 0.25) is 0 Å². The molecular formula is C20H19N5OS. The smallest absolute Gasteiger partial charge is 0.269 e. The van der Waals surface area contributed by atoms with Gasteiger partial charge in [0.1, 0.15) is 4.88 Å². The van der Waals surface area contributed by atoms with Crippen LogP contribution in [0.25, 0.3) is 22.2 Å². The van der Waals surface area contributed by atoms with Gasteiger partial charge in [-0.2, -0.15) is 0 Å². The van der Waals surface area contributed by atoms with Crippen LogP contribution in [0, 0.1) is 6.92 Å². The van der Waals surface area contributed by atoms with Crippen molar-refractivity contribution in [3.63, 3.8) is 0 Å². The maximum Gasteiger partial charge on any atom is 0.269 e. The van der Waals surface area contributed by atoms with Crippen molar-refractivity contribution in [1.29, 1.82) is 0 Å². The average Bonchev–Trinajstić information content (AvgIpc) is 3.24. The Morgan fingerprint density at radius 1 is 1.19 bits per heavy atom. The van der Waals surface area contributed by atoms with Crippen molar-refractivity contribution in [2.45, 2.75) is 20.4 Å². The van der Waals surface area contributed by atoms with Crippen molar-refractivity contribution >= 4 is 39.7 Å². The van der Waals surface area contributed by atoms with Crippen molar-refractivity contribution in [2.24, 2.45) is 0 Å². The molecule has 4 aromatic rings. The molecule has 0 bridgehead atoms. The van der Waals surface area contributed by atoms with Crippen LogP contribution in [0.5, 0.6) is 0 Å². The Morgan fingerprint density at radius 3 is 2.59 bits per heavy atom. The highest BCUT2D eigenvalue weighted by Gasteiger charge is 2.16. The molecule has 0 fully saturated rings. The summed E-state index contributed by atoms with van der Waals surface area (Å²) in [6.45, 7) is 4.70. The Kier molecular flexibility index (Phi) is 4.37. The summed E-state index contributed by atoms with van der Waals surface area (Å²) in [5.41, 5.74) is 11.7. The van der Waals surface area contributed by atoms with E-state index in [1.54, 1.807) is 6.92 Å². The van der Waals surface area contributed by atoms with Crippen molar-refractivity contribution in [1.82, 2.24) is 14.2 Å². The largest absolute Gasteiger partial charge is 0.396 e. The predicted molar refractivity (Wildman–Crippen MR) is 110 cm³/mol. The number of para-hydroxylation sites is 1. The minimum absolute atomic E-state index is 0.197. The second kappa shape index (κ2) is 6.85. The molecule has 7 heteroatoms. The summed E-state index contributed by atoms with van der Waals surface area (Å²) in [4.78, 5) is 12.8. The van der Waals surface area contributed by atoms with Crippen LogP contribution in [-0.2, 0) is 6.54 Å². The minimum atomic E-state index is -0.197. The molecule has 4 rings (SSSR count). The number of nitrogen functional groups attached to an aromatic ring is 1. The van der Waals surface area contributed by atoms with Crippen molar-refractivity contribution in [3.05, 3.63) is 59.1 Å². The number of carbonyl (C=O) groups is 1. The third kappa shape index (κ3) is 2.96. The molecule has 0 saturated heterocycles. The first kappa shape index (κ1) is 17.2.